The van der Waals surface area contributed by atoms with E-state index in [2.05, 4.69) is 4.98 Å². The highest BCUT2D eigenvalue weighted by Crippen LogP contribution is 2.28. The van der Waals surface area contributed by atoms with Gasteiger partial charge in [-0.3, -0.25) is 4.79 Å². The summed E-state index contributed by atoms with van der Waals surface area (Å²) in [6.45, 7) is 3.65. The van der Waals surface area contributed by atoms with Crippen molar-refractivity contribution in [2.24, 2.45) is 0 Å². The summed E-state index contributed by atoms with van der Waals surface area (Å²) in [7, 11) is 0. The van der Waals surface area contributed by atoms with Crippen LogP contribution in [0.2, 0.25) is 0 Å². The number of carbonyl (C=O) groups excluding carboxylic acids is 1. The maximum absolute atomic E-state index is 11.1. The minimum Gasteiger partial charge on any atom is -0.392 e. The van der Waals surface area contributed by atoms with Gasteiger partial charge in [0.05, 0.1) is 11.6 Å². The number of aliphatic hydroxyl groups is 1. The Morgan fingerprint density at radius 2 is 2.06 bits per heavy atom. The summed E-state index contributed by atoms with van der Waals surface area (Å²) < 4.78 is 0. The number of hydrogen-bond acceptors (Lipinski definition) is 4. The standard InChI is InChI=1S/C14H15NO2S/c1-9(17)10(2)18-14-12(8-16)7-11-5-3-4-6-13(11)15-14/h3-10,17H,1-2H3. The Hall–Kier alpha value is -1.39. The third kappa shape index (κ3) is 2.71. The summed E-state index contributed by atoms with van der Waals surface area (Å²) in [5, 5.41) is 11.2. The highest BCUT2D eigenvalue weighted by molar-refractivity contribution is 8.00. The Labute approximate surface area is 110 Å². The van der Waals surface area contributed by atoms with E-state index in [1.807, 2.05) is 37.3 Å². The Morgan fingerprint density at radius 3 is 2.72 bits per heavy atom. The van der Waals surface area contributed by atoms with Crippen molar-refractivity contribution in [3.63, 3.8) is 0 Å². The van der Waals surface area contributed by atoms with Crippen LogP contribution in [0.5, 0.6) is 0 Å². The molecule has 1 N–H and O–H groups in total. The molecule has 0 aliphatic rings. The largest absolute Gasteiger partial charge is 0.392 e. The normalized spacial score (nSPS) is 14.4. The molecule has 0 saturated heterocycles. The predicted molar refractivity (Wildman–Crippen MR) is 74.1 cm³/mol. The zero-order valence-corrected chi connectivity index (χ0v) is 11.1. The van der Waals surface area contributed by atoms with Crippen molar-refractivity contribution >= 4 is 29.0 Å². The van der Waals surface area contributed by atoms with Crippen LogP contribution in [0.3, 0.4) is 0 Å². The maximum atomic E-state index is 11.1. The van der Waals surface area contributed by atoms with E-state index >= 15 is 0 Å². The monoisotopic (exact) mass is 261 g/mol. The van der Waals surface area contributed by atoms with Crippen molar-refractivity contribution in [2.45, 2.75) is 30.2 Å². The zero-order chi connectivity index (χ0) is 13.1. The van der Waals surface area contributed by atoms with E-state index in [1.165, 1.54) is 11.8 Å². The van der Waals surface area contributed by atoms with Gasteiger partial charge < -0.3 is 5.11 Å². The minimum atomic E-state index is -0.442. The van der Waals surface area contributed by atoms with Gasteiger partial charge in [-0.25, -0.2) is 4.98 Å². The molecule has 1 aromatic heterocycles. The van der Waals surface area contributed by atoms with Gasteiger partial charge in [0, 0.05) is 16.2 Å². The fraction of sp³-hybridized carbons (Fsp3) is 0.286. The molecule has 1 heterocycles. The molecule has 0 aliphatic carbocycles. The van der Waals surface area contributed by atoms with Gasteiger partial charge >= 0.3 is 0 Å². The molecule has 0 fully saturated rings. The van der Waals surface area contributed by atoms with Gasteiger partial charge in [-0.2, -0.15) is 0 Å². The lowest BCUT2D eigenvalue weighted by atomic mass is 10.2. The summed E-state index contributed by atoms with van der Waals surface area (Å²) in [4.78, 5) is 15.6. The van der Waals surface area contributed by atoms with Crippen molar-refractivity contribution in [1.29, 1.82) is 0 Å². The van der Waals surface area contributed by atoms with Crippen molar-refractivity contribution in [1.82, 2.24) is 4.98 Å². The van der Waals surface area contributed by atoms with Crippen LogP contribution in [0.4, 0.5) is 0 Å². The molecule has 2 aromatic rings. The van der Waals surface area contributed by atoms with Gasteiger partial charge in [-0.05, 0) is 19.1 Å². The summed E-state index contributed by atoms with van der Waals surface area (Å²) >= 11 is 1.43. The molecule has 1 aromatic carbocycles. The number of nitrogens with zero attached hydrogens (tertiary/aromatic N) is 1. The van der Waals surface area contributed by atoms with Crippen LogP contribution >= 0.6 is 11.8 Å². The van der Waals surface area contributed by atoms with E-state index in [0.29, 0.717) is 10.6 Å². The van der Waals surface area contributed by atoms with Gasteiger partial charge in [-0.1, -0.05) is 36.9 Å². The number of carbonyl (C=O) groups is 1. The summed E-state index contributed by atoms with van der Waals surface area (Å²) in [6.07, 6.45) is 0.374. The van der Waals surface area contributed by atoms with Crippen LogP contribution in [-0.4, -0.2) is 27.7 Å². The lowest BCUT2D eigenvalue weighted by Gasteiger charge is -2.14. The zero-order valence-electron chi connectivity index (χ0n) is 10.3. The van der Waals surface area contributed by atoms with E-state index in [9.17, 15) is 9.90 Å². The van der Waals surface area contributed by atoms with Crippen LogP contribution in [0.15, 0.2) is 35.4 Å². The molecule has 0 amide bonds. The van der Waals surface area contributed by atoms with Crippen LogP contribution in [0.1, 0.15) is 24.2 Å². The first-order chi connectivity index (χ1) is 8.61. The van der Waals surface area contributed by atoms with E-state index in [4.69, 9.17) is 0 Å². The van der Waals surface area contributed by atoms with Crippen molar-refractivity contribution in [3.8, 4) is 0 Å². The van der Waals surface area contributed by atoms with Crippen LogP contribution < -0.4 is 0 Å². The molecule has 3 nitrogen and oxygen atoms in total. The molecule has 0 radical (unpaired) electrons. The minimum absolute atomic E-state index is 0.00244. The molecular weight excluding hydrogens is 246 g/mol. The third-order valence-electron chi connectivity index (χ3n) is 2.82. The Bertz CT molecular complexity index is 569. The number of benzene rings is 1. The van der Waals surface area contributed by atoms with Gasteiger partial charge in [0.2, 0.25) is 0 Å². The second kappa shape index (κ2) is 5.50. The van der Waals surface area contributed by atoms with Crippen LogP contribution in [0.25, 0.3) is 10.9 Å². The maximum Gasteiger partial charge on any atom is 0.152 e. The second-order valence-corrected chi connectivity index (χ2v) is 5.62. The number of rotatable bonds is 4. The smallest absolute Gasteiger partial charge is 0.152 e. The number of aliphatic hydroxyl groups excluding tert-OH is 1. The number of aldehydes is 1. The van der Waals surface area contributed by atoms with Gasteiger partial charge in [0.1, 0.15) is 5.03 Å². The first-order valence-electron chi connectivity index (χ1n) is 5.81. The average Bonchev–Trinajstić information content (AvgIpc) is 2.37. The fourth-order valence-electron chi connectivity index (χ4n) is 1.57. The van der Waals surface area contributed by atoms with Crippen LogP contribution in [0, 0.1) is 0 Å². The lowest BCUT2D eigenvalue weighted by molar-refractivity contribution is 0.112. The number of fused-ring (bicyclic) bond motifs is 1. The fourth-order valence-corrected chi connectivity index (χ4v) is 2.51. The first kappa shape index (κ1) is 13.1. The topological polar surface area (TPSA) is 50.2 Å². The molecule has 2 atom stereocenters. The summed E-state index contributed by atoms with van der Waals surface area (Å²) in [5.74, 6) is 0. The number of hydrogen-bond donors (Lipinski definition) is 1. The first-order valence-corrected chi connectivity index (χ1v) is 6.69. The predicted octanol–water partition coefficient (Wildman–Crippen LogP) is 2.91. The highest BCUT2D eigenvalue weighted by atomic mass is 32.2. The summed E-state index contributed by atoms with van der Waals surface area (Å²) in [5.41, 5.74) is 1.44. The summed E-state index contributed by atoms with van der Waals surface area (Å²) in [6, 6.07) is 9.53. The second-order valence-electron chi connectivity index (χ2n) is 4.26. The van der Waals surface area contributed by atoms with E-state index in [0.717, 1.165) is 17.2 Å². The molecule has 2 unspecified atom stereocenters. The van der Waals surface area contributed by atoms with E-state index in [-0.39, 0.29) is 5.25 Å². The molecule has 4 heteroatoms. The third-order valence-corrected chi connectivity index (χ3v) is 4.14. The quantitative estimate of drug-likeness (QED) is 0.679. The van der Waals surface area contributed by atoms with Gasteiger partial charge in [-0.15, -0.1) is 0 Å². The Morgan fingerprint density at radius 1 is 1.33 bits per heavy atom. The number of aromatic nitrogens is 1. The number of para-hydroxylation sites is 1. The molecule has 18 heavy (non-hydrogen) atoms. The van der Waals surface area contributed by atoms with Gasteiger partial charge in [0.25, 0.3) is 0 Å². The Balaban J connectivity index is 2.45. The van der Waals surface area contributed by atoms with Gasteiger partial charge in [0.15, 0.2) is 6.29 Å². The van der Waals surface area contributed by atoms with E-state index < -0.39 is 6.10 Å². The van der Waals surface area contributed by atoms with E-state index in [1.54, 1.807) is 6.92 Å². The number of thioether (sulfide) groups is 1. The number of pyridine rings is 1. The van der Waals surface area contributed by atoms with Crippen molar-refractivity contribution in [2.75, 3.05) is 0 Å². The Kier molecular flexibility index (Phi) is 3.99. The van der Waals surface area contributed by atoms with Crippen LogP contribution in [-0.2, 0) is 0 Å². The molecule has 94 valence electrons. The highest BCUT2D eigenvalue weighted by Gasteiger charge is 2.14. The SMILES string of the molecule is CC(O)C(C)Sc1nc2ccccc2cc1C=O. The average molecular weight is 261 g/mol. The molecular formula is C14H15NO2S. The lowest BCUT2D eigenvalue weighted by Crippen LogP contribution is -2.15. The molecule has 0 aliphatic heterocycles. The molecule has 0 bridgehead atoms. The van der Waals surface area contributed by atoms with Crippen molar-refractivity contribution in [3.05, 3.63) is 35.9 Å². The molecule has 0 saturated carbocycles. The molecule has 2 rings (SSSR count). The molecule has 0 spiro atoms. The van der Waals surface area contributed by atoms with Crippen molar-refractivity contribution < 1.29 is 9.90 Å².